The molecule has 0 saturated heterocycles. The zero-order chi connectivity index (χ0) is 15.6. The number of halogens is 1. The minimum absolute atomic E-state index is 0.0418. The molecule has 0 aliphatic carbocycles. The predicted molar refractivity (Wildman–Crippen MR) is 80.9 cm³/mol. The summed E-state index contributed by atoms with van der Waals surface area (Å²) in [6, 6.07) is 6.13. The first-order valence-corrected chi connectivity index (χ1v) is 8.74. The Bertz CT molecular complexity index is 532. The van der Waals surface area contributed by atoms with Gasteiger partial charge in [0.25, 0.3) is 0 Å². The summed E-state index contributed by atoms with van der Waals surface area (Å²) in [5, 5.41) is 3.35. The van der Waals surface area contributed by atoms with Crippen LogP contribution in [0.15, 0.2) is 24.3 Å². The maximum Gasteiger partial charge on any atom is 0.148 e. The molecular formula is C15H24FNO2S. The Kier molecular flexibility index (Phi) is 5.33. The van der Waals surface area contributed by atoms with Gasteiger partial charge in [-0.1, -0.05) is 32.9 Å². The van der Waals surface area contributed by atoms with Crippen LogP contribution in [0.3, 0.4) is 0 Å². The van der Waals surface area contributed by atoms with E-state index in [1.54, 1.807) is 12.1 Å². The molecule has 114 valence electrons. The highest BCUT2D eigenvalue weighted by Crippen LogP contribution is 2.33. The number of sulfone groups is 1. The van der Waals surface area contributed by atoms with Gasteiger partial charge in [-0.2, -0.15) is 0 Å². The van der Waals surface area contributed by atoms with Gasteiger partial charge in [0, 0.05) is 18.3 Å². The molecule has 20 heavy (non-hydrogen) atoms. The molecule has 0 bridgehead atoms. The third-order valence-electron chi connectivity index (χ3n) is 3.07. The van der Waals surface area contributed by atoms with E-state index < -0.39 is 9.84 Å². The van der Waals surface area contributed by atoms with Crippen LogP contribution in [0.1, 0.15) is 39.3 Å². The Balaban J connectivity index is 2.94. The van der Waals surface area contributed by atoms with Crippen LogP contribution >= 0.6 is 0 Å². The summed E-state index contributed by atoms with van der Waals surface area (Å²) < 4.78 is 35.8. The topological polar surface area (TPSA) is 46.2 Å². The van der Waals surface area contributed by atoms with Gasteiger partial charge in [-0.05, 0) is 30.0 Å². The first kappa shape index (κ1) is 17.1. The summed E-state index contributed by atoms with van der Waals surface area (Å²) in [5.41, 5.74) is 0.850. The molecule has 2 unspecified atom stereocenters. The van der Waals surface area contributed by atoms with Crippen molar-refractivity contribution < 1.29 is 12.8 Å². The molecule has 1 aromatic carbocycles. The summed E-state index contributed by atoms with van der Waals surface area (Å²) in [5.74, 6) is -0.188. The molecule has 0 spiro atoms. The van der Waals surface area contributed by atoms with Gasteiger partial charge < -0.3 is 5.32 Å². The van der Waals surface area contributed by atoms with Crippen molar-refractivity contribution in [2.75, 3.05) is 12.0 Å². The number of hydrogen-bond donors (Lipinski definition) is 1. The van der Waals surface area contributed by atoms with Crippen molar-refractivity contribution in [1.82, 2.24) is 5.32 Å². The van der Waals surface area contributed by atoms with Crippen molar-refractivity contribution in [3.63, 3.8) is 0 Å². The zero-order valence-electron chi connectivity index (χ0n) is 12.8. The molecule has 0 heterocycles. The van der Waals surface area contributed by atoms with E-state index in [0.29, 0.717) is 0 Å². The van der Waals surface area contributed by atoms with E-state index in [9.17, 15) is 12.8 Å². The molecule has 1 aromatic rings. The minimum atomic E-state index is -3.03. The molecule has 0 aromatic heterocycles. The van der Waals surface area contributed by atoms with Gasteiger partial charge in [-0.3, -0.25) is 0 Å². The highest BCUT2D eigenvalue weighted by molar-refractivity contribution is 7.90. The molecule has 0 fully saturated rings. The highest BCUT2D eigenvalue weighted by atomic mass is 32.2. The largest absolute Gasteiger partial charge is 0.306 e. The Morgan fingerprint density at radius 2 is 1.70 bits per heavy atom. The van der Waals surface area contributed by atoms with E-state index in [1.807, 2.05) is 6.92 Å². The first-order valence-electron chi connectivity index (χ1n) is 6.68. The molecule has 1 rings (SSSR count). The van der Waals surface area contributed by atoms with Gasteiger partial charge in [-0.15, -0.1) is 0 Å². The molecule has 0 saturated carbocycles. The zero-order valence-corrected chi connectivity index (χ0v) is 13.6. The van der Waals surface area contributed by atoms with Crippen molar-refractivity contribution in [2.45, 2.75) is 39.8 Å². The van der Waals surface area contributed by atoms with Crippen LogP contribution in [0.4, 0.5) is 4.39 Å². The third-order valence-corrected chi connectivity index (χ3v) is 4.18. The van der Waals surface area contributed by atoms with Crippen LogP contribution in [0.25, 0.3) is 0 Å². The lowest BCUT2D eigenvalue weighted by molar-refractivity contribution is 0.258. The normalized spacial score (nSPS) is 15.9. The van der Waals surface area contributed by atoms with Crippen LogP contribution in [0.5, 0.6) is 0 Å². The molecule has 1 N–H and O–H groups in total. The standard InChI is InChI=1S/C15H24FNO2S/c1-11(10-20(5,18)19)17-14(15(2,3)4)12-6-8-13(16)9-7-12/h6-9,11,14,17H,10H2,1-5H3. The predicted octanol–water partition coefficient (Wildman–Crippen LogP) is 2.94. The first-order chi connectivity index (χ1) is 8.99. The lowest BCUT2D eigenvalue weighted by Gasteiger charge is -2.34. The summed E-state index contributed by atoms with van der Waals surface area (Å²) in [7, 11) is -3.03. The van der Waals surface area contributed by atoms with Gasteiger partial charge in [0.15, 0.2) is 0 Å². The van der Waals surface area contributed by atoms with Crippen molar-refractivity contribution in [1.29, 1.82) is 0 Å². The van der Waals surface area contributed by atoms with Gasteiger partial charge in [0.1, 0.15) is 15.7 Å². The second-order valence-electron chi connectivity index (χ2n) is 6.51. The van der Waals surface area contributed by atoms with Crippen molar-refractivity contribution in [3.05, 3.63) is 35.6 Å². The summed E-state index contributed by atoms with van der Waals surface area (Å²) in [6.45, 7) is 8.06. The Labute approximate surface area is 121 Å². The Morgan fingerprint density at radius 1 is 1.20 bits per heavy atom. The SMILES string of the molecule is CC(CS(C)(=O)=O)NC(c1ccc(F)cc1)C(C)(C)C. The van der Waals surface area contributed by atoms with Gasteiger partial charge in [0.2, 0.25) is 0 Å². The maximum atomic E-state index is 13.0. The number of hydrogen-bond acceptors (Lipinski definition) is 3. The average molecular weight is 301 g/mol. The van der Waals surface area contributed by atoms with E-state index in [0.717, 1.165) is 5.56 Å². The fraction of sp³-hybridized carbons (Fsp3) is 0.600. The smallest absolute Gasteiger partial charge is 0.148 e. The van der Waals surface area contributed by atoms with Crippen molar-refractivity contribution >= 4 is 9.84 Å². The van der Waals surface area contributed by atoms with E-state index in [2.05, 4.69) is 26.1 Å². The van der Waals surface area contributed by atoms with Gasteiger partial charge in [0.05, 0.1) is 5.75 Å². The quantitative estimate of drug-likeness (QED) is 0.909. The number of nitrogens with one attached hydrogen (secondary N) is 1. The summed E-state index contributed by atoms with van der Waals surface area (Å²) in [4.78, 5) is 0. The third kappa shape index (κ3) is 5.59. The summed E-state index contributed by atoms with van der Waals surface area (Å²) >= 11 is 0. The number of benzene rings is 1. The Hall–Kier alpha value is -0.940. The van der Waals surface area contributed by atoms with E-state index >= 15 is 0 Å². The van der Waals surface area contributed by atoms with Crippen LogP contribution in [-0.4, -0.2) is 26.5 Å². The van der Waals surface area contributed by atoms with E-state index in [-0.39, 0.29) is 29.1 Å². The van der Waals surface area contributed by atoms with Crippen LogP contribution in [-0.2, 0) is 9.84 Å². The highest BCUT2D eigenvalue weighted by Gasteiger charge is 2.28. The van der Waals surface area contributed by atoms with Crippen molar-refractivity contribution in [3.8, 4) is 0 Å². The van der Waals surface area contributed by atoms with Crippen LogP contribution in [0.2, 0.25) is 0 Å². The maximum absolute atomic E-state index is 13.0. The van der Waals surface area contributed by atoms with E-state index in [1.165, 1.54) is 18.4 Å². The van der Waals surface area contributed by atoms with Crippen LogP contribution in [0, 0.1) is 11.2 Å². The van der Waals surface area contributed by atoms with Crippen molar-refractivity contribution in [2.24, 2.45) is 5.41 Å². The molecule has 3 nitrogen and oxygen atoms in total. The van der Waals surface area contributed by atoms with E-state index in [4.69, 9.17) is 0 Å². The molecule has 0 radical (unpaired) electrons. The molecule has 2 atom stereocenters. The Morgan fingerprint density at radius 3 is 2.10 bits per heavy atom. The lowest BCUT2D eigenvalue weighted by atomic mass is 9.82. The molecule has 0 aliphatic heterocycles. The molecular weight excluding hydrogens is 277 g/mol. The lowest BCUT2D eigenvalue weighted by Crippen LogP contribution is -2.41. The fourth-order valence-corrected chi connectivity index (χ4v) is 3.29. The summed E-state index contributed by atoms with van der Waals surface area (Å²) in [6.07, 6.45) is 1.23. The monoisotopic (exact) mass is 301 g/mol. The molecule has 0 amide bonds. The average Bonchev–Trinajstić information content (AvgIpc) is 2.23. The second kappa shape index (κ2) is 6.22. The number of rotatable bonds is 5. The molecule has 5 heteroatoms. The minimum Gasteiger partial charge on any atom is -0.306 e. The van der Waals surface area contributed by atoms with Gasteiger partial charge in [-0.25, -0.2) is 12.8 Å². The van der Waals surface area contributed by atoms with Crippen LogP contribution < -0.4 is 5.32 Å². The molecule has 0 aliphatic rings. The van der Waals surface area contributed by atoms with Gasteiger partial charge >= 0.3 is 0 Å². The second-order valence-corrected chi connectivity index (χ2v) is 8.70. The fourth-order valence-electron chi connectivity index (χ4n) is 2.29.